The molecule has 1 fully saturated rings. The Hall–Kier alpha value is -2.38. The average molecular weight is 266 g/mol. The van der Waals surface area contributed by atoms with Gasteiger partial charge in [0, 0.05) is 25.2 Å². The van der Waals surface area contributed by atoms with Gasteiger partial charge in [0.05, 0.1) is 6.20 Å². The SMILES string of the molecule is Cn1cc(C(NC(=O)C2CCC(=O)N2)C(=O)O)cn1. The number of amides is 2. The number of carboxylic acid groups (broad SMARTS) is 1. The van der Waals surface area contributed by atoms with Gasteiger partial charge in [0.2, 0.25) is 11.8 Å². The molecular formula is C11H14N4O4. The van der Waals surface area contributed by atoms with E-state index < -0.39 is 24.0 Å². The van der Waals surface area contributed by atoms with Gasteiger partial charge in [-0.1, -0.05) is 0 Å². The maximum atomic E-state index is 11.9. The first-order chi connectivity index (χ1) is 8.97. The Morgan fingerprint density at radius 2 is 2.37 bits per heavy atom. The number of carboxylic acids is 1. The van der Waals surface area contributed by atoms with Crippen molar-refractivity contribution in [3.8, 4) is 0 Å². The van der Waals surface area contributed by atoms with Crippen molar-refractivity contribution >= 4 is 17.8 Å². The summed E-state index contributed by atoms with van der Waals surface area (Å²) in [6, 6.07) is -1.83. The molecule has 8 nitrogen and oxygen atoms in total. The fourth-order valence-electron chi connectivity index (χ4n) is 1.93. The molecule has 19 heavy (non-hydrogen) atoms. The van der Waals surface area contributed by atoms with Gasteiger partial charge in [0.25, 0.3) is 0 Å². The van der Waals surface area contributed by atoms with E-state index in [4.69, 9.17) is 5.11 Å². The molecule has 102 valence electrons. The minimum Gasteiger partial charge on any atom is -0.479 e. The zero-order valence-corrected chi connectivity index (χ0v) is 10.3. The standard InChI is InChI=1S/C11H14N4O4/c1-15-5-6(4-12-15)9(11(18)19)14-10(17)7-2-3-8(16)13-7/h4-5,7,9H,2-3H2,1H3,(H,13,16)(H,14,17)(H,18,19). The maximum absolute atomic E-state index is 11.9. The third-order valence-corrected chi connectivity index (χ3v) is 2.90. The highest BCUT2D eigenvalue weighted by Crippen LogP contribution is 2.14. The van der Waals surface area contributed by atoms with E-state index >= 15 is 0 Å². The second-order valence-corrected chi connectivity index (χ2v) is 4.39. The van der Waals surface area contributed by atoms with Crippen LogP contribution in [-0.4, -0.2) is 38.7 Å². The van der Waals surface area contributed by atoms with E-state index in [1.54, 1.807) is 7.05 Å². The van der Waals surface area contributed by atoms with Crippen LogP contribution < -0.4 is 10.6 Å². The molecule has 1 aliphatic rings. The molecule has 3 N–H and O–H groups in total. The number of hydrogen-bond acceptors (Lipinski definition) is 4. The van der Waals surface area contributed by atoms with Crippen molar-refractivity contribution in [1.29, 1.82) is 0 Å². The maximum Gasteiger partial charge on any atom is 0.331 e. The minimum atomic E-state index is -1.18. The Kier molecular flexibility index (Phi) is 3.50. The molecule has 8 heteroatoms. The summed E-state index contributed by atoms with van der Waals surface area (Å²) in [5.74, 6) is -1.87. The number of carbonyl (C=O) groups excluding carboxylic acids is 2. The summed E-state index contributed by atoms with van der Waals surface area (Å²) < 4.78 is 1.45. The quantitative estimate of drug-likeness (QED) is 0.643. The molecule has 2 atom stereocenters. The number of nitrogens with zero attached hydrogens (tertiary/aromatic N) is 2. The Balaban J connectivity index is 2.07. The van der Waals surface area contributed by atoms with E-state index in [1.807, 2.05) is 0 Å². The highest BCUT2D eigenvalue weighted by atomic mass is 16.4. The predicted octanol–water partition coefficient (Wildman–Crippen LogP) is -1.06. The minimum absolute atomic E-state index is 0.201. The van der Waals surface area contributed by atoms with Crippen molar-refractivity contribution < 1.29 is 19.5 Å². The lowest BCUT2D eigenvalue weighted by atomic mass is 10.1. The van der Waals surface area contributed by atoms with Crippen LogP contribution in [0.3, 0.4) is 0 Å². The Morgan fingerprint density at radius 1 is 1.63 bits per heavy atom. The van der Waals surface area contributed by atoms with Crippen LogP contribution in [-0.2, 0) is 21.4 Å². The number of nitrogens with one attached hydrogen (secondary N) is 2. The lowest BCUT2D eigenvalue weighted by molar-refractivity contribution is -0.142. The molecule has 2 rings (SSSR count). The van der Waals surface area contributed by atoms with Crippen molar-refractivity contribution in [2.75, 3.05) is 0 Å². The number of aryl methyl sites for hydroxylation is 1. The van der Waals surface area contributed by atoms with E-state index in [0.29, 0.717) is 12.0 Å². The molecule has 0 aromatic carbocycles. The number of hydrogen-bond donors (Lipinski definition) is 3. The monoisotopic (exact) mass is 266 g/mol. The van der Waals surface area contributed by atoms with Gasteiger partial charge in [-0.25, -0.2) is 4.79 Å². The fraction of sp³-hybridized carbons (Fsp3) is 0.455. The van der Waals surface area contributed by atoms with Gasteiger partial charge in [0.1, 0.15) is 6.04 Å². The summed E-state index contributed by atoms with van der Waals surface area (Å²) in [7, 11) is 1.65. The van der Waals surface area contributed by atoms with Crippen molar-refractivity contribution in [3.05, 3.63) is 18.0 Å². The van der Waals surface area contributed by atoms with Crippen LogP contribution >= 0.6 is 0 Å². The molecule has 0 bridgehead atoms. The number of carbonyl (C=O) groups is 3. The summed E-state index contributed by atoms with van der Waals surface area (Å²) in [4.78, 5) is 34.1. The second kappa shape index (κ2) is 5.09. The normalized spacial score (nSPS) is 19.8. The van der Waals surface area contributed by atoms with Crippen LogP contribution in [0.5, 0.6) is 0 Å². The third-order valence-electron chi connectivity index (χ3n) is 2.90. The van der Waals surface area contributed by atoms with E-state index in [0.717, 1.165) is 0 Å². The largest absolute Gasteiger partial charge is 0.479 e. The smallest absolute Gasteiger partial charge is 0.331 e. The molecule has 2 amide bonds. The summed E-state index contributed by atoms with van der Waals surface area (Å²) >= 11 is 0. The number of aliphatic carboxylic acids is 1. The van der Waals surface area contributed by atoms with Crippen molar-refractivity contribution in [3.63, 3.8) is 0 Å². The fourth-order valence-corrected chi connectivity index (χ4v) is 1.93. The van der Waals surface area contributed by atoms with Gasteiger partial charge in [-0.05, 0) is 6.42 Å². The van der Waals surface area contributed by atoms with E-state index in [-0.39, 0.29) is 12.3 Å². The van der Waals surface area contributed by atoms with Crippen LogP contribution in [0.1, 0.15) is 24.4 Å². The molecule has 1 aromatic rings. The lowest BCUT2D eigenvalue weighted by Crippen LogP contribution is -2.44. The first-order valence-electron chi connectivity index (χ1n) is 5.78. The Bertz CT molecular complexity index is 525. The molecular weight excluding hydrogens is 252 g/mol. The van der Waals surface area contributed by atoms with Crippen LogP contribution in [0.4, 0.5) is 0 Å². The van der Waals surface area contributed by atoms with Gasteiger partial charge >= 0.3 is 5.97 Å². The van der Waals surface area contributed by atoms with Gasteiger partial charge < -0.3 is 15.7 Å². The highest BCUT2D eigenvalue weighted by Gasteiger charge is 2.31. The molecule has 1 saturated heterocycles. The molecule has 1 aliphatic heterocycles. The van der Waals surface area contributed by atoms with E-state index in [9.17, 15) is 14.4 Å². The van der Waals surface area contributed by atoms with Gasteiger partial charge in [-0.2, -0.15) is 5.10 Å². The molecule has 2 heterocycles. The second-order valence-electron chi connectivity index (χ2n) is 4.39. The zero-order chi connectivity index (χ0) is 14.0. The third kappa shape index (κ3) is 2.90. The lowest BCUT2D eigenvalue weighted by Gasteiger charge is -2.16. The van der Waals surface area contributed by atoms with Crippen LogP contribution in [0.2, 0.25) is 0 Å². The number of rotatable bonds is 4. The van der Waals surface area contributed by atoms with Gasteiger partial charge in [0.15, 0.2) is 6.04 Å². The molecule has 0 saturated carbocycles. The van der Waals surface area contributed by atoms with Crippen LogP contribution in [0.15, 0.2) is 12.4 Å². The molecule has 0 radical (unpaired) electrons. The Labute approximate surface area is 108 Å². The van der Waals surface area contributed by atoms with Crippen LogP contribution in [0, 0.1) is 0 Å². The zero-order valence-electron chi connectivity index (χ0n) is 10.3. The number of aromatic nitrogens is 2. The topological polar surface area (TPSA) is 113 Å². The predicted molar refractivity (Wildman–Crippen MR) is 62.9 cm³/mol. The first-order valence-corrected chi connectivity index (χ1v) is 5.78. The van der Waals surface area contributed by atoms with Crippen LogP contribution in [0.25, 0.3) is 0 Å². The van der Waals surface area contributed by atoms with E-state index in [1.165, 1.54) is 17.1 Å². The molecule has 0 spiro atoms. The first kappa shape index (κ1) is 13.1. The molecule has 0 aliphatic carbocycles. The summed E-state index contributed by atoms with van der Waals surface area (Å²) in [6.45, 7) is 0. The van der Waals surface area contributed by atoms with Crippen molar-refractivity contribution in [2.45, 2.75) is 24.9 Å². The summed E-state index contributed by atoms with van der Waals surface area (Å²) in [5, 5.41) is 17.9. The molecule has 1 aromatic heterocycles. The highest BCUT2D eigenvalue weighted by molar-refractivity contribution is 5.93. The van der Waals surface area contributed by atoms with E-state index in [2.05, 4.69) is 15.7 Å². The van der Waals surface area contributed by atoms with Gasteiger partial charge in [-0.3, -0.25) is 14.3 Å². The summed E-state index contributed by atoms with van der Waals surface area (Å²) in [6.07, 6.45) is 3.56. The van der Waals surface area contributed by atoms with Gasteiger partial charge in [-0.15, -0.1) is 0 Å². The van der Waals surface area contributed by atoms with Crippen molar-refractivity contribution in [1.82, 2.24) is 20.4 Å². The summed E-state index contributed by atoms with van der Waals surface area (Å²) in [5.41, 5.74) is 0.382. The molecule has 2 unspecified atom stereocenters. The average Bonchev–Trinajstić information content (AvgIpc) is 2.94. The Morgan fingerprint density at radius 3 is 2.84 bits per heavy atom. The van der Waals surface area contributed by atoms with Crippen molar-refractivity contribution in [2.24, 2.45) is 7.05 Å².